The van der Waals surface area contributed by atoms with Crippen molar-refractivity contribution in [3.63, 3.8) is 0 Å². The fourth-order valence-electron chi connectivity index (χ4n) is 2.41. The second-order valence-electron chi connectivity index (χ2n) is 3.93. The molecule has 0 aliphatic heterocycles. The van der Waals surface area contributed by atoms with Crippen LogP contribution < -0.4 is 11.2 Å². The molecule has 2 fully saturated rings. The van der Waals surface area contributed by atoms with Crippen LogP contribution in [-0.4, -0.2) is 11.7 Å². The lowest BCUT2D eigenvalue weighted by molar-refractivity contribution is 0.244. The molecule has 13 heavy (non-hydrogen) atoms. The molecule has 0 heterocycles. The lowest BCUT2D eigenvalue weighted by atomic mass is 9.64. The minimum absolute atomic E-state index is 0.563. The van der Waals surface area contributed by atoms with E-state index in [9.17, 15) is 4.79 Å². The van der Waals surface area contributed by atoms with Crippen molar-refractivity contribution in [1.29, 1.82) is 0 Å². The Kier molecular flexibility index (Phi) is 2.20. The van der Waals surface area contributed by atoms with Crippen LogP contribution >= 0.6 is 0 Å². The molecule has 2 aliphatic rings. The van der Waals surface area contributed by atoms with Gasteiger partial charge in [0.15, 0.2) is 0 Å². The average molecular weight is 181 g/mol. The molecule has 0 aromatic carbocycles. The number of carbonyl (C=O) groups is 1. The number of nitrogens with one attached hydrogen (secondary N) is 1. The highest BCUT2D eigenvalue weighted by atomic mass is 16.2. The summed E-state index contributed by atoms with van der Waals surface area (Å²) in [6.45, 7) is 0. The van der Waals surface area contributed by atoms with Crippen LogP contribution in [-0.2, 0) is 0 Å². The Bertz CT molecular complexity index is 249. The molecule has 0 aromatic rings. The van der Waals surface area contributed by atoms with Gasteiger partial charge in [-0.1, -0.05) is 12.8 Å². The summed E-state index contributed by atoms with van der Waals surface area (Å²) in [7, 11) is 0. The van der Waals surface area contributed by atoms with Gasteiger partial charge in [0, 0.05) is 11.6 Å². The van der Waals surface area contributed by atoms with Gasteiger partial charge in [-0.05, 0) is 25.2 Å². The standard InChI is InChI=1S/C9H15N3O/c10-9(13)12-11-8-5-6-3-1-2-4-7(6)8/h6-7H,1-5H2,(H3,10,12,13)/b11-8-/t6-,7-/m1/s1. The zero-order valence-corrected chi connectivity index (χ0v) is 7.62. The molecule has 2 aliphatic carbocycles. The highest BCUT2D eigenvalue weighted by molar-refractivity contribution is 5.93. The number of fused-ring (bicyclic) bond motifs is 1. The van der Waals surface area contributed by atoms with Gasteiger partial charge in [0.1, 0.15) is 0 Å². The highest BCUT2D eigenvalue weighted by Crippen LogP contribution is 2.42. The number of nitrogens with two attached hydrogens (primary N) is 1. The normalized spacial score (nSPS) is 34.9. The van der Waals surface area contributed by atoms with E-state index < -0.39 is 6.03 Å². The van der Waals surface area contributed by atoms with E-state index in [2.05, 4.69) is 10.5 Å². The maximum atomic E-state index is 10.4. The van der Waals surface area contributed by atoms with E-state index in [0.717, 1.165) is 18.1 Å². The number of hydrogen-bond donors (Lipinski definition) is 2. The molecule has 2 atom stereocenters. The van der Waals surface area contributed by atoms with Gasteiger partial charge in [0.05, 0.1) is 0 Å². The van der Waals surface area contributed by atoms with Crippen LogP contribution in [0.5, 0.6) is 0 Å². The number of amides is 2. The summed E-state index contributed by atoms with van der Waals surface area (Å²) < 4.78 is 0. The Hall–Kier alpha value is -1.06. The first-order valence-corrected chi connectivity index (χ1v) is 4.89. The first kappa shape index (κ1) is 8.53. The molecule has 4 heteroatoms. The maximum absolute atomic E-state index is 10.4. The summed E-state index contributed by atoms with van der Waals surface area (Å²) in [5, 5.41) is 4.01. The van der Waals surface area contributed by atoms with Gasteiger partial charge >= 0.3 is 6.03 Å². The van der Waals surface area contributed by atoms with Gasteiger partial charge < -0.3 is 5.73 Å². The van der Waals surface area contributed by atoms with Crippen molar-refractivity contribution in [3.05, 3.63) is 0 Å². The third kappa shape index (κ3) is 1.66. The van der Waals surface area contributed by atoms with Crippen molar-refractivity contribution < 1.29 is 4.79 Å². The smallest absolute Gasteiger partial charge is 0.332 e. The third-order valence-corrected chi connectivity index (χ3v) is 3.12. The lowest BCUT2D eigenvalue weighted by Crippen LogP contribution is -2.41. The first-order valence-electron chi connectivity index (χ1n) is 4.89. The van der Waals surface area contributed by atoms with Crippen LogP contribution in [0.15, 0.2) is 5.10 Å². The minimum Gasteiger partial charge on any atom is -0.350 e. The number of hydrogen-bond acceptors (Lipinski definition) is 2. The molecule has 2 amide bonds. The second-order valence-corrected chi connectivity index (χ2v) is 3.93. The van der Waals surface area contributed by atoms with Crippen LogP contribution in [0.2, 0.25) is 0 Å². The molecule has 4 nitrogen and oxygen atoms in total. The first-order chi connectivity index (χ1) is 6.27. The van der Waals surface area contributed by atoms with E-state index in [-0.39, 0.29) is 0 Å². The molecule has 2 rings (SSSR count). The van der Waals surface area contributed by atoms with Crippen molar-refractivity contribution >= 4 is 11.7 Å². The number of nitrogens with zero attached hydrogens (tertiary/aromatic N) is 1. The van der Waals surface area contributed by atoms with Crippen molar-refractivity contribution in [2.75, 3.05) is 0 Å². The van der Waals surface area contributed by atoms with Crippen molar-refractivity contribution in [2.24, 2.45) is 22.7 Å². The van der Waals surface area contributed by atoms with Crippen molar-refractivity contribution in [1.82, 2.24) is 5.43 Å². The van der Waals surface area contributed by atoms with Crippen molar-refractivity contribution in [2.45, 2.75) is 32.1 Å². The quantitative estimate of drug-likeness (QED) is 0.587. The van der Waals surface area contributed by atoms with Crippen LogP contribution in [0.4, 0.5) is 4.79 Å². The second kappa shape index (κ2) is 3.36. The van der Waals surface area contributed by atoms with Gasteiger partial charge in [-0.25, -0.2) is 10.2 Å². The maximum Gasteiger partial charge on any atom is 0.332 e. The summed E-state index contributed by atoms with van der Waals surface area (Å²) in [6, 6.07) is -0.563. The van der Waals surface area contributed by atoms with E-state index in [4.69, 9.17) is 5.73 Å². The van der Waals surface area contributed by atoms with Gasteiger partial charge in [-0.2, -0.15) is 5.10 Å². The van der Waals surface area contributed by atoms with E-state index in [1.807, 2.05) is 0 Å². The van der Waals surface area contributed by atoms with Crippen LogP contribution in [0.3, 0.4) is 0 Å². The number of rotatable bonds is 1. The van der Waals surface area contributed by atoms with Gasteiger partial charge in [0.2, 0.25) is 0 Å². The Morgan fingerprint density at radius 3 is 2.92 bits per heavy atom. The Morgan fingerprint density at radius 1 is 1.46 bits per heavy atom. The predicted molar refractivity (Wildman–Crippen MR) is 50.2 cm³/mol. The largest absolute Gasteiger partial charge is 0.350 e. The van der Waals surface area contributed by atoms with Gasteiger partial charge in [0.25, 0.3) is 0 Å². The fourth-order valence-corrected chi connectivity index (χ4v) is 2.41. The molecule has 0 unspecified atom stereocenters. The molecule has 2 saturated carbocycles. The Labute approximate surface area is 77.6 Å². The molecular weight excluding hydrogens is 166 g/mol. The molecule has 0 spiro atoms. The summed E-state index contributed by atoms with van der Waals surface area (Å²) in [5.41, 5.74) is 8.38. The van der Waals surface area contributed by atoms with E-state index in [1.165, 1.54) is 25.7 Å². The van der Waals surface area contributed by atoms with Crippen molar-refractivity contribution in [3.8, 4) is 0 Å². The zero-order chi connectivity index (χ0) is 9.26. The van der Waals surface area contributed by atoms with E-state index in [0.29, 0.717) is 5.92 Å². The molecule has 3 N–H and O–H groups in total. The lowest BCUT2D eigenvalue weighted by Gasteiger charge is -2.41. The summed E-state index contributed by atoms with van der Waals surface area (Å²) in [5.74, 6) is 1.47. The molecule has 0 aromatic heterocycles. The Balaban J connectivity index is 1.89. The average Bonchev–Trinajstić information content (AvgIpc) is 2.06. The third-order valence-electron chi connectivity index (χ3n) is 3.12. The topological polar surface area (TPSA) is 67.5 Å². The number of hydrazone groups is 1. The van der Waals surface area contributed by atoms with E-state index >= 15 is 0 Å². The van der Waals surface area contributed by atoms with Gasteiger partial charge in [-0.3, -0.25) is 0 Å². The molecule has 0 radical (unpaired) electrons. The number of primary amides is 1. The summed E-state index contributed by atoms with van der Waals surface area (Å²) in [6.07, 6.45) is 6.30. The molecule has 0 bridgehead atoms. The predicted octanol–water partition coefficient (Wildman–Crippen LogP) is 1.22. The van der Waals surface area contributed by atoms with Crippen LogP contribution in [0, 0.1) is 11.8 Å². The number of carbonyl (C=O) groups excluding carboxylic acids is 1. The van der Waals surface area contributed by atoms with Crippen LogP contribution in [0.25, 0.3) is 0 Å². The zero-order valence-electron chi connectivity index (χ0n) is 7.62. The monoisotopic (exact) mass is 181 g/mol. The fraction of sp³-hybridized carbons (Fsp3) is 0.778. The van der Waals surface area contributed by atoms with Crippen LogP contribution in [0.1, 0.15) is 32.1 Å². The van der Waals surface area contributed by atoms with Gasteiger partial charge in [-0.15, -0.1) is 0 Å². The van der Waals surface area contributed by atoms with E-state index in [1.54, 1.807) is 0 Å². The highest BCUT2D eigenvalue weighted by Gasteiger charge is 2.38. The summed E-state index contributed by atoms with van der Waals surface area (Å²) >= 11 is 0. The SMILES string of the molecule is NC(=O)N/N=C1/C[C@H]2CCCC[C@@H]12. The summed E-state index contributed by atoms with van der Waals surface area (Å²) in [4.78, 5) is 10.4. The molecule has 0 saturated heterocycles. The molecule has 72 valence electrons. The Morgan fingerprint density at radius 2 is 2.23 bits per heavy atom. The molecular formula is C9H15N3O. The minimum atomic E-state index is -0.563. The number of urea groups is 1.